The van der Waals surface area contributed by atoms with Gasteiger partial charge in [0.1, 0.15) is 17.9 Å². The van der Waals surface area contributed by atoms with Crippen molar-refractivity contribution in [3.05, 3.63) is 101 Å². The average molecular weight is 506 g/mol. The Kier molecular flexibility index (Phi) is 8.23. The second-order valence-corrected chi connectivity index (χ2v) is 9.20. The lowest BCUT2D eigenvalue weighted by Gasteiger charge is -2.32. The van der Waals surface area contributed by atoms with Crippen molar-refractivity contribution in [1.29, 1.82) is 0 Å². The quantitative estimate of drug-likeness (QED) is 0.485. The summed E-state index contributed by atoms with van der Waals surface area (Å²) in [5.74, 6) is -0.359. The van der Waals surface area contributed by atoms with Gasteiger partial charge in [-0.3, -0.25) is 14.4 Å². The van der Waals surface area contributed by atoms with E-state index >= 15 is 0 Å². The molecule has 0 unspecified atom stereocenters. The standard InChI is InChI=1S/C28H28ClN3O4/c29-22-10-12-23(13-11-22)36-24-14-16-32(17-15-24)28(35)21-8-6-20(7-9-21)27(34)31-25(26(30)33)18-19-4-2-1-3-5-19/h1-13,24-25H,14-18H2,(H2,30,33)(H,31,34)/t25-/m0/s1. The second-order valence-electron chi connectivity index (χ2n) is 8.76. The molecule has 4 rings (SSSR count). The van der Waals surface area contributed by atoms with Gasteiger partial charge in [0.2, 0.25) is 5.91 Å². The normalized spacial score (nSPS) is 14.6. The van der Waals surface area contributed by atoms with Crippen LogP contribution in [0.4, 0.5) is 0 Å². The fourth-order valence-electron chi connectivity index (χ4n) is 4.14. The van der Waals surface area contributed by atoms with Gasteiger partial charge in [0.15, 0.2) is 0 Å². The largest absolute Gasteiger partial charge is 0.490 e. The number of carbonyl (C=O) groups excluding carboxylic acids is 3. The number of nitrogens with two attached hydrogens (primary N) is 1. The van der Waals surface area contributed by atoms with Crippen LogP contribution in [0.25, 0.3) is 0 Å². The molecule has 1 aliphatic rings. The highest BCUT2D eigenvalue weighted by molar-refractivity contribution is 6.30. The van der Waals surface area contributed by atoms with Crippen LogP contribution in [0, 0.1) is 0 Å². The molecule has 0 bridgehead atoms. The Morgan fingerprint density at radius 2 is 1.53 bits per heavy atom. The van der Waals surface area contributed by atoms with Crippen molar-refractivity contribution >= 4 is 29.3 Å². The predicted molar refractivity (Wildman–Crippen MR) is 138 cm³/mol. The molecule has 1 heterocycles. The van der Waals surface area contributed by atoms with Crippen LogP contribution in [0.3, 0.4) is 0 Å². The Morgan fingerprint density at radius 1 is 0.917 bits per heavy atom. The summed E-state index contributed by atoms with van der Waals surface area (Å²) in [4.78, 5) is 39.3. The van der Waals surface area contributed by atoms with Gasteiger partial charge in [0.25, 0.3) is 11.8 Å². The van der Waals surface area contributed by atoms with Crippen molar-refractivity contribution in [2.45, 2.75) is 31.4 Å². The number of hydrogen-bond acceptors (Lipinski definition) is 4. The van der Waals surface area contributed by atoms with Gasteiger partial charge in [0, 0.05) is 48.5 Å². The molecule has 3 aromatic carbocycles. The minimum atomic E-state index is -0.836. The number of hydrogen-bond donors (Lipinski definition) is 2. The number of primary amides is 1. The monoisotopic (exact) mass is 505 g/mol. The molecule has 3 N–H and O–H groups in total. The topological polar surface area (TPSA) is 102 Å². The summed E-state index contributed by atoms with van der Waals surface area (Å²) in [6.07, 6.45) is 1.79. The zero-order chi connectivity index (χ0) is 25.5. The Labute approximate surface area is 215 Å². The molecule has 36 heavy (non-hydrogen) atoms. The Morgan fingerprint density at radius 3 is 2.14 bits per heavy atom. The van der Waals surface area contributed by atoms with E-state index in [0.717, 1.165) is 24.2 Å². The third-order valence-corrected chi connectivity index (χ3v) is 6.42. The zero-order valence-corrected chi connectivity index (χ0v) is 20.5. The molecular formula is C28H28ClN3O4. The SMILES string of the molecule is NC(=O)[C@H](Cc1ccccc1)NC(=O)c1ccc(C(=O)N2CCC(Oc3ccc(Cl)cc3)CC2)cc1. The van der Waals surface area contributed by atoms with Crippen LogP contribution in [0.1, 0.15) is 39.1 Å². The molecule has 0 aromatic heterocycles. The van der Waals surface area contributed by atoms with Gasteiger partial charge < -0.3 is 20.7 Å². The Balaban J connectivity index is 1.30. The first-order valence-electron chi connectivity index (χ1n) is 11.8. The number of carbonyl (C=O) groups is 3. The number of amides is 3. The van der Waals surface area contributed by atoms with E-state index in [2.05, 4.69) is 5.32 Å². The lowest BCUT2D eigenvalue weighted by molar-refractivity contribution is -0.119. The fourth-order valence-corrected chi connectivity index (χ4v) is 4.27. The van der Waals surface area contributed by atoms with Gasteiger partial charge in [-0.05, 0) is 54.1 Å². The van der Waals surface area contributed by atoms with Crippen LogP contribution in [0.15, 0.2) is 78.9 Å². The molecule has 7 nitrogen and oxygen atoms in total. The van der Waals surface area contributed by atoms with Crippen molar-refractivity contribution in [1.82, 2.24) is 10.2 Å². The number of rotatable bonds is 8. The lowest BCUT2D eigenvalue weighted by Crippen LogP contribution is -2.45. The van der Waals surface area contributed by atoms with Crippen molar-refractivity contribution in [2.75, 3.05) is 13.1 Å². The summed E-state index contributed by atoms with van der Waals surface area (Å²) >= 11 is 5.92. The van der Waals surface area contributed by atoms with Gasteiger partial charge in [-0.1, -0.05) is 41.9 Å². The first-order valence-corrected chi connectivity index (χ1v) is 12.2. The van der Waals surface area contributed by atoms with Gasteiger partial charge in [-0.25, -0.2) is 0 Å². The molecule has 0 aliphatic carbocycles. The number of nitrogens with one attached hydrogen (secondary N) is 1. The molecule has 186 valence electrons. The number of halogens is 1. The summed E-state index contributed by atoms with van der Waals surface area (Å²) in [7, 11) is 0. The third-order valence-electron chi connectivity index (χ3n) is 6.17. The summed E-state index contributed by atoms with van der Waals surface area (Å²) in [5.41, 5.74) is 7.24. The van der Waals surface area contributed by atoms with Crippen molar-refractivity contribution in [3.8, 4) is 5.75 Å². The molecule has 8 heteroatoms. The van der Waals surface area contributed by atoms with E-state index in [4.69, 9.17) is 22.1 Å². The number of nitrogens with zero attached hydrogens (tertiary/aromatic N) is 1. The fraction of sp³-hybridized carbons (Fsp3) is 0.250. The molecule has 1 aliphatic heterocycles. The predicted octanol–water partition coefficient (Wildman–Crippen LogP) is 3.85. The van der Waals surface area contributed by atoms with E-state index in [1.165, 1.54) is 0 Å². The Bertz CT molecular complexity index is 1190. The lowest BCUT2D eigenvalue weighted by atomic mass is 10.0. The second kappa shape index (κ2) is 11.7. The molecular weight excluding hydrogens is 478 g/mol. The van der Waals surface area contributed by atoms with Crippen molar-refractivity contribution in [3.63, 3.8) is 0 Å². The maximum atomic E-state index is 13.0. The van der Waals surface area contributed by atoms with Crippen LogP contribution in [-0.4, -0.2) is 47.9 Å². The highest BCUT2D eigenvalue weighted by Crippen LogP contribution is 2.22. The number of piperidine rings is 1. The molecule has 3 amide bonds. The minimum Gasteiger partial charge on any atom is -0.490 e. The number of benzene rings is 3. The van der Waals surface area contributed by atoms with E-state index < -0.39 is 17.9 Å². The number of ether oxygens (including phenoxy) is 1. The number of likely N-dealkylation sites (tertiary alicyclic amines) is 1. The molecule has 3 aromatic rings. The molecule has 1 atom stereocenters. The van der Waals surface area contributed by atoms with Crippen molar-refractivity contribution in [2.24, 2.45) is 5.73 Å². The van der Waals surface area contributed by atoms with E-state index in [0.29, 0.717) is 35.7 Å². The van der Waals surface area contributed by atoms with Gasteiger partial charge in [-0.15, -0.1) is 0 Å². The highest BCUT2D eigenvalue weighted by atomic mass is 35.5. The smallest absolute Gasteiger partial charge is 0.253 e. The van der Waals surface area contributed by atoms with E-state index in [-0.39, 0.29) is 12.0 Å². The van der Waals surface area contributed by atoms with Crippen LogP contribution in [0.5, 0.6) is 5.75 Å². The van der Waals surface area contributed by atoms with Gasteiger partial charge >= 0.3 is 0 Å². The van der Waals surface area contributed by atoms with E-state index in [1.54, 1.807) is 41.3 Å². The first kappa shape index (κ1) is 25.3. The molecule has 0 saturated carbocycles. The van der Waals surface area contributed by atoms with Crippen LogP contribution >= 0.6 is 11.6 Å². The summed E-state index contributed by atoms with van der Waals surface area (Å²) in [6, 6.07) is 22.2. The van der Waals surface area contributed by atoms with Crippen molar-refractivity contribution < 1.29 is 19.1 Å². The first-order chi connectivity index (χ1) is 17.4. The molecule has 1 fully saturated rings. The van der Waals surface area contributed by atoms with Gasteiger partial charge in [0.05, 0.1) is 0 Å². The summed E-state index contributed by atoms with van der Waals surface area (Å²) in [6.45, 7) is 1.16. The van der Waals surface area contributed by atoms with Crippen LogP contribution in [-0.2, 0) is 11.2 Å². The Hall–Kier alpha value is -3.84. The zero-order valence-electron chi connectivity index (χ0n) is 19.7. The minimum absolute atomic E-state index is 0.0374. The summed E-state index contributed by atoms with van der Waals surface area (Å²) in [5, 5.41) is 3.35. The summed E-state index contributed by atoms with van der Waals surface area (Å²) < 4.78 is 6.00. The maximum Gasteiger partial charge on any atom is 0.253 e. The third kappa shape index (κ3) is 6.64. The average Bonchev–Trinajstić information content (AvgIpc) is 2.90. The van der Waals surface area contributed by atoms with Crippen LogP contribution < -0.4 is 15.8 Å². The molecule has 0 radical (unpaired) electrons. The van der Waals surface area contributed by atoms with Crippen LogP contribution in [0.2, 0.25) is 5.02 Å². The van der Waals surface area contributed by atoms with E-state index in [9.17, 15) is 14.4 Å². The maximum absolute atomic E-state index is 13.0. The highest BCUT2D eigenvalue weighted by Gasteiger charge is 2.25. The van der Waals surface area contributed by atoms with E-state index in [1.807, 2.05) is 42.5 Å². The molecule has 0 spiro atoms. The van der Waals surface area contributed by atoms with Gasteiger partial charge in [-0.2, -0.15) is 0 Å². The molecule has 1 saturated heterocycles.